The molecule has 2 fully saturated rings. The van der Waals surface area contributed by atoms with E-state index in [0.29, 0.717) is 12.1 Å². The van der Waals surface area contributed by atoms with Crippen molar-refractivity contribution in [3.05, 3.63) is 0 Å². The van der Waals surface area contributed by atoms with Gasteiger partial charge in [-0.3, -0.25) is 0 Å². The third kappa shape index (κ3) is 6.11. The molecule has 1 saturated heterocycles. The smallest absolute Gasteiger partial charge is 0.0594 e. The maximum Gasteiger partial charge on any atom is 0.0594 e. The van der Waals surface area contributed by atoms with Gasteiger partial charge in [-0.25, -0.2) is 0 Å². The molecule has 1 aliphatic heterocycles. The summed E-state index contributed by atoms with van der Waals surface area (Å²) >= 11 is 0. The number of nitrogens with one attached hydrogen (secondary N) is 1. The minimum Gasteiger partial charge on any atom is -0.377 e. The highest BCUT2D eigenvalue weighted by Crippen LogP contribution is 2.20. The van der Waals surface area contributed by atoms with Crippen molar-refractivity contribution in [3.8, 4) is 0 Å². The van der Waals surface area contributed by atoms with Crippen LogP contribution in [0.25, 0.3) is 0 Å². The van der Waals surface area contributed by atoms with Crippen LogP contribution in [0.5, 0.6) is 0 Å². The van der Waals surface area contributed by atoms with Gasteiger partial charge in [-0.1, -0.05) is 33.1 Å². The first kappa shape index (κ1) is 16.3. The number of nitrogens with zero attached hydrogens (tertiary/aromatic N) is 1. The van der Waals surface area contributed by atoms with Gasteiger partial charge < -0.3 is 15.0 Å². The SMILES string of the molecule is CC(C)CN1CCC(NCCOC2CCCCC2)CC1. The third-order valence-corrected chi connectivity index (χ3v) is 4.65. The van der Waals surface area contributed by atoms with Gasteiger partial charge in [0.2, 0.25) is 0 Å². The summed E-state index contributed by atoms with van der Waals surface area (Å²) in [5.41, 5.74) is 0. The zero-order chi connectivity index (χ0) is 14.2. The maximum absolute atomic E-state index is 5.97. The molecule has 2 rings (SSSR count). The van der Waals surface area contributed by atoms with Crippen LogP contribution in [0.2, 0.25) is 0 Å². The zero-order valence-corrected chi connectivity index (χ0v) is 13.6. The van der Waals surface area contributed by atoms with Gasteiger partial charge in [0.15, 0.2) is 0 Å². The van der Waals surface area contributed by atoms with E-state index >= 15 is 0 Å². The van der Waals surface area contributed by atoms with Crippen LogP contribution in [0.4, 0.5) is 0 Å². The van der Waals surface area contributed by atoms with Crippen molar-refractivity contribution in [2.24, 2.45) is 5.92 Å². The Labute approximate surface area is 125 Å². The van der Waals surface area contributed by atoms with Gasteiger partial charge >= 0.3 is 0 Å². The first-order valence-electron chi connectivity index (χ1n) is 8.81. The van der Waals surface area contributed by atoms with E-state index in [4.69, 9.17) is 4.74 Å². The molecule has 1 heterocycles. The van der Waals surface area contributed by atoms with E-state index in [9.17, 15) is 0 Å². The van der Waals surface area contributed by atoms with Gasteiger partial charge in [-0.2, -0.15) is 0 Å². The summed E-state index contributed by atoms with van der Waals surface area (Å²) in [7, 11) is 0. The Hall–Kier alpha value is -0.120. The second-order valence-electron chi connectivity index (χ2n) is 7.05. The van der Waals surface area contributed by atoms with Crippen molar-refractivity contribution >= 4 is 0 Å². The normalized spacial score (nSPS) is 23.6. The predicted molar refractivity (Wildman–Crippen MR) is 85.1 cm³/mol. The van der Waals surface area contributed by atoms with E-state index in [1.165, 1.54) is 64.6 Å². The second-order valence-corrected chi connectivity index (χ2v) is 7.05. The molecule has 0 bridgehead atoms. The predicted octanol–water partition coefficient (Wildman–Crippen LogP) is 3.05. The van der Waals surface area contributed by atoms with Crippen LogP contribution >= 0.6 is 0 Å². The number of likely N-dealkylation sites (tertiary alicyclic amines) is 1. The van der Waals surface area contributed by atoms with E-state index in [1.807, 2.05) is 0 Å². The molecule has 0 amide bonds. The molecule has 0 aromatic heterocycles. The zero-order valence-electron chi connectivity index (χ0n) is 13.6. The van der Waals surface area contributed by atoms with Gasteiger partial charge in [0.1, 0.15) is 0 Å². The minimum absolute atomic E-state index is 0.554. The van der Waals surface area contributed by atoms with Crippen molar-refractivity contribution in [2.45, 2.75) is 70.9 Å². The van der Waals surface area contributed by atoms with Crippen LogP contribution in [-0.4, -0.2) is 49.8 Å². The average molecular weight is 282 g/mol. The van der Waals surface area contributed by atoms with E-state index in [-0.39, 0.29) is 0 Å². The molecule has 1 N–H and O–H groups in total. The Bertz CT molecular complexity index is 243. The summed E-state index contributed by atoms with van der Waals surface area (Å²) < 4.78 is 5.97. The van der Waals surface area contributed by atoms with Gasteiger partial charge in [0.25, 0.3) is 0 Å². The number of ether oxygens (including phenoxy) is 1. The second kappa shape index (κ2) is 9.01. The maximum atomic E-state index is 5.97. The van der Waals surface area contributed by atoms with Gasteiger partial charge in [0, 0.05) is 19.1 Å². The molecule has 1 aliphatic carbocycles. The monoisotopic (exact) mass is 282 g/mol. The van der Waals surface area contributed by atoms with Crippen LogP contribution in [0.1, 0.15) is 58.8 Å². The lowest BCUT2D eigenvalue weighted by molar-refractivity contribution is 0.0283. The molecule has 0 aromatic carbocycles. The van der Waals surface area contributed by atoms with Gasteiger partial charge in [-0.05, 0) is 44.7 Å². The van der Waals surface area contributed by atoms with E-state index in [1.54, 1.807) is 0 Å². The summed E-state index contributed by atoms with van der Waals surface area (Å²) in [6.45, 7) is 10.3. The fourth-order valence-electron chi connectivity index (χ4n) is 3.56. The third-order valence-electron chi connectivity index (χ3n) is 4.65. The molecule has 1 saturated carbocycles. The number of rotatable bonds is 7. The van der Waals surface area contributed by atoms with Crippen LogP contribution in [-0.2, 0) is 4.74 Å². The highest BCUT2D eigenvalue weighted by Gasteiger charge is 2.19. The molecule has 0 atom stereocenters. The van der Waals surface area contributed by atoms with Crippen LogP contribution < -0.4 is 5.32 Å². The average Bonchev–Trinajstić information content (AvgIpc) is 2.46. The molecule has 20 heavy (non-hydrogen) atoms. The summed E-state index contributed by atoms with van der Waals surface area (Å²) in [6, 6.07) is 0.716. The number of hydrogen-bond donors (Lipinski definition) is 1. The Morgan fingerprint density at radius 1 is 1.05 bits per heavy atom. The van der Waals surface area contributed by atoms with Gasteiger partial charge in [0.05, 0.1) is 12.7 Å². The molecule has 0 aromatic rings. The Morgan fingerprint density at radius 2 is 1.75 bits per heavy atom. The Balaban J connectivity index is 1.48. The topological polar surface area (TPSA) is 24.5 Å². The molecule has 0 radical (unpaired) electrons. The first-order chi connectivity index (χ1) is 9.74. The molecule has 3 nitrogen and oxygen atoms in total. The number of piperidine rings is 1. The standard InChI is InChI=1S/C17H34N2O/c1-15(2)14-19-11-8-16(9-12-19)18-10-13-20-17-6-4-3-5-7-17/h15-18H,3-14H2,1-2H3. The van der Waals surface area contributed by atoms with Gasteiger partial charge in [-0.15, -0.1) is 0 Å². The molecule has 0 spiro atoms. The molecular weight excluding hydrogens is 248 g/mol. The highest BCUT2D eigenvalue weighted by molar-refractivity contribution is 4.77. The highest BCUT2D eigenvalue weighted by atomic mass is 16.5. The van der Waals surface area contributed by atoms with Crippen LogP contribution in [0, 0.1) is 5.92 Å². The fraction of sp³-hybridized carbons (Fsp3) is 1.00. The van der Waals surface area contributed by atoms with E-state index in [0.717, 1.165) is 19.1 Å². The first-order valence-corrected chi connectivity index (χ1v) is 8.81. The Morgan fingerprint density at radius 3 is 2.40 bits per heavy atom. The van der Waals surface area contributed by atoms with Crippen molar-refractivity contribution in [3.63, 3.8) is 0 Å². The van der Waals surface area contributed by atoms with E-state index in [2.05, 4.69) is 24.1 Å². The summed E-state index contributed by atoms with van der Waals surface area (Å²) in [5, 5.41) is 3.68. The Kier molecular flexibility index (Phi) is 7.32. The van der Waals surface area contributed by atoms with Crippen LogP contribution in [0.3, 0.4) is 0 Å². The van der Waals surface area contributed by atoms with Crippen molar-refractivity contribution in [2.75, 3.05) is 32.8 Å². The fourth-order valence-corrected chi connectivity index (χ4v) is 3.56. The molecule has 118 valence electrons. The summed E-state index contributed by atoms with van der Waals surface area (Å²) in [6.07, 6.45) is 9.87. The number of hydrogen-bond acceptors (Lipinski definition) is 3. The minimum atomic E-state index is 0.554. The molecule has 2 aliphatic rings. The van der Waals surface area contributed by atoms with Crippen molar-refractivity contribution in [1.29, 1.82) is 0 Å². The van der Waals surface area contributed by atoms with Crippen LogP contribution in [0.15, 0.2) is 0 Å². The summed E-state index contributed by atoms with van der Waals surface area (Å²) in [4.78, 5) is 2.61. The lowest BCUT2D eigenvalue weighted by Gasteiger charge is -2.33. The van der Waals surface area contributed by atoms with E-state index < -0.39 is 0 Å². The summed E-state index contributed by atoms with van der Waals surface area (Å²) in [5.74, 6) is 0.795. The van der Waals surface area contributed by atoms with Crippen molar-refractivity contribution < 1.29 is 4.74 Å². The molecular formula is C17H34N2O. The lowest BCUT2D eigenvalue weighted by atomic mass is 9.98. The molecule has 3 heteroatoms. The van der Waals surface area contributed by atoms with Crippen molar-refractivity contribution in [1.82, 2.24) is 10.2 Å². The largest absolute Gasteiger partial charge is 0.377 e. The lowest BCUT2D eigenvalue weighted by Crippen LogP contribution is -2.44. The quantitative estimate of drug-likeness (QED) is 0.726. The molecule has 0 unspecified atom stereocenters.